The molecule has 38 heavy (non-hydrogen) atoms. The van der Waals surface area contributed by atoms with Gasteiger partial charge in [0.25, 0.3) is 11.8 Å². The van der Waals surface area contributed by atoms with Crippen molar-refractivity contribution in [3.05, 3.63) is 73.7 Å². The molecule has 0 bridgehead atoms. The van der Waals surface area contributed by atoms with E-state index in [0.29, 0.717) is 25.1 Å². The molecule has 13 heteroatoms. The summed E-state index contributed by atoms with van der Waals surface area (Å²) in [5, 5.41) is 1.81. The van der Waals surface area contributed by atoms with Gasteiger partial charge in [0.2, 0.25) is 5.92 Å². The summed E-state index contributed by atoms with van der Waals surface area (Å²) in [7, 11) is 0. The molecule has 0 aromatic heterocycles. The number of carbonyl (C=O) groups is 1. The lowest BCUT2D eigenvalue weighted by Gasteiger charge is -2.29. The zero-order valence-corrected chi connectivity index (χ0v) is 21.8. The predicted molar refractivity (Wildman–Crippen MR) is 130 cm³/mol. The lowest BCUT2D eigenvalue weighted by atomic mass is 9.91. The summed E-state index contributed by atoms with van der Waals surface area (Å²) in [6, 6.07) is 3.17. The molecule has 0 aliphatic heterocycles. The Balaban J connectivity index is 1.96. The highest BCUT2D eigenvalue weighted by Crippen LogP contribution is 2.42. The van der Waals surface area contributed by atoms with Crippen LogP contribution in [0.2, 0.25) is 15.1 Å². The van der Waals surface area contributed by atoms with E-state index < -0.39 is 71.2 Å². The van der Waals surface area contributed by atoms with Gasteiger partial charge in [-0.3, -0.25) is 4.79 Å². The van der Waals surface area contributed by atoms with E-state index in [1.165, 1.54) is 0 Å². The fraction of sp³-hybridized carbons (Fsp3) is 0.400. The van der Waals surface area contributed by atoms with Crippen molar-refractivity contribution in [2.75, 3.05) is 0 Å². The monoisotopic (exact) mass is 607 g/mol. The number of rotatable bonds is 6. The van der Waals surface area contributed by atoms with Gasteiger partial charge in [-0.2, -0.15) is 13.2 Å². The van der Waals surface area contributed by atoms with Gasteiger partial charge >= 0.3 is 6.18 Å². The minimum atomic E-state index is -5.12. The molecule has 2 nitrogen and oxygen atoms in total. The van der Waals surface area contributed by atoms with Crippen LogP contribution in [0, 0.1) is 0 Å². The van der Waals surface area contributed by atoms with E-state index in [1.54, 1.807) is 0 Å². The predicted octanol–water partition coefficient (Wildman–Crippen LogP) is 9.72. The van der Waals surface area contributed by atoms with Gasteiger partial charge in [-0.25, -0.2) is 22.0 Å². The van der Waals surface area contributed by atoms with Crippen LogP contribution in [0.5, 0.6) is 0 Å². The minimum absolute atomic E-state index is 0.120. The van der Waals surface area contributed by atoms with Gasteiger partial charge in [0.15, 0.2) is 0 Å². The number of carbonyl (C=O) groups excluding carboxylic acids is 1. The molecule has 1 N–H and O–H groups in total. The van der Waals surface area contributed by atoms with Crippen LogP contribution < -0.4 is 5.32 Å². The zero-order valence-electron chi connectivity index (χ0n) is 19.5. The number of allylic oxidation sites excluding steroid dienone is 1. The molecule has 3 rings (SSSR count). The first-order valence-electron chi connectivity index (χ1n) is 11.2. The maximum Gasteiger partial charge on any atom is 0.417 e. The number of amides is 1. The Morgan fingerprint density at radius 3 is 2.08 bits per heavy atom. The van der Waals surface area contributed by atoms with Crippen molar-refractivity contribution in [2.45, 2.75) is 62.6 Å². The van der Waals surface area contributed by atoms with Crippen molar-refractivity contribution < 1.29 is 39.9 Å². The van der Waals surface area contributed by atoms with Crippen LogP contribution >= 0.6 is 34.8 Å². The second-order valence-corrected chi connectivity index (χ2v) is 10.3. The van der Waals surface area contributed by atoms with Crippen LogP contribution in [0.1, 0.15) is 65.6 Å². The molecular weight excluding hydrogens is 589 g/mol. The lowest BCUT2D eigenvalue weighted by Crippen LogP contribution is -2.40. The van der Waals surface area contributed by atoms with Crippen LogP contribution in [0.15, 0.2) is 36.4 Å². The summed E-state index contributed by atoms with van der Waals surface area (Å²) in [6.07, 6.45) is -5.98. The van der Waals surface area contributed by atoms with Gasteiger partial charge in [0, 0.05) is 31.4 Å². The van der Waals surface area contributed by atoms with Crippen LogP contribution in [-0.4, -0.2) is 23.8 Å². The molecule has 0 radical (unpaired) electrons. The van der Waals surface area contributed by atoms with Crippen LogP contribution in [-0.2, 0) is 6.18 Å². The maximum absolute atomic E-state index is 15.1. The van der Waals surface area contributed by atoms with Gasteiger partial charge in [-0.15, -0.1) is 0 Å². The average Bonchev–Trinajstić information content (AvgIpc) is 2.80. The molecule has 1 fully saturated rings. The average molecular weight is 609 g/mol. The molecule has 1 aliphatic rings. The van der Waals surface area contributed by atoms with Crippen molar-refractivity contribution in [3.63, 3.8) is 0 Å². The Labute approximate surface area is 227 Å². The first-order chi connectivity index (χ1) is 17.4. The highest BCUT2D eigenvalue weighted by Gasteiger charge is 2.39. The fourth-order valence-corrected chi connectivity index (χ4v) is 4.72. The highest BCUT2D eigenvalue weighted by molar-refractivity contribution is 6.48. The van der Waals surface area contributed by atoms with Gasteiger partial charge in [-0.05, 0) is 48.7 Å². The summed E-state index contributed by atoms with van der Waals surface area (Å²) in [5.41, 5.74) is -3.33. The number of halogens is 11. The van der Waals surface area contributed by atoms with Gasteiger partial charge < -0.3 is 5.32 Å². The molecule has 0 heterocycles. The van der Waals surface area contributed by atoms with E-state index in [9.17, 15) is 35.5 Å². The molecule has 2 aromatic rings. The SMILES string of the molecule is CC(F)(F)C(/C=C(\F)c1ccc(C(=O)NC2CCC(F)(F)CC2)c(C(F)(F)F)c1)c1cc(Cl)c(Cl)c(Cl)c1. The highest BCUT2D eigenvalue weighted by atomic mass is 35.5. The Morgan fingerprint density at radius 1 is 1.03 bits per heavy atom. The fourth-order valence-electron chi connectivity index (χ4n) is 4.11. The summed E-state index contributed by atoms with van der Waals surface area (Å²) >= 11 is 17.6. The van der Waals surface area contributed by atoms with E-state index in [4.69, 9.17) is 34.8 Å². The van der Waals surface area contributed by atoms with E-state index in [1.807, 2.05) is 0 Å². The van der Waals surface area contributed by atoms with Crippen LogP contribution in [0.4, 0.5) is 35.1 Å². The van der Waals surface area contributed by atoms with Crippen LogP contribution in [0.3, 0.4) is 0 Å². The smallest absolute Gasteiger partial charge is 0.349 e. The summed E-state index contributed by atoms with van der Waals surface area (Å²) in [5.74, 6) is -11.1. The number of benzene rings is 2. The molecule has 1 unspecified atom stereocenters. The normalized spacial score (nSPS) is 17.8. The van der Waals surface area contributed by atoms with E-state index in [0.717, 1.165) is 18.2 Å². The number of alkyl halides is 7. The third-order valence-corrected chi connectivity index (χ3v) is 7.32. The number of hydrogen-bond donors (Lipinski definition) is 1. The summed E-state index contributed by atoms with van der Waals surface area (Å²) in [6.45, 7) is 0.480. The second-order valence-electron chi connectivity index (χ2n) is 9.11. The standard InChI is InChI=1S/C25H20Cl3F8NO/c1-23(30,31)16(13-9-18(26)21(28)19(27)10-13)11-20(29)12-2-3-15(17(8-12)25(34,35)36)22(38)37-14-4-6-24(32,33)7-5-14/h2-3,8-11,14,16H,4-7H2,1H3,(H,37,38)/b20-11-. The molecule has 208 valence electrons. The van der Waals surface area contributed by atoms with E-state index in [-0.39, 0.29) is 33.5 Å². The molecule has 1 aliphatic carbocycles. The van der Waals surface area contributed by atoms with E-state index >= 15 is 4.39 Å². The molecule has 0 spiro atoms. The first kappa shape index (κ1) is 30.5. The van der Waals surface area contributed by atoms with Crippen LogP contribution in [0.25, 0.3) is 5.83 Å². The second kappa shape index (κ2) is 11.2. The topological polar surface area (TPSA) is 29.1 Å². The number of hydrogen-bond acceptors (Lipinski definition) is 1. The minimum Gasteiger partial charge on any atom is -0.349 e. The van der Waals surface area contributed by atoms with Crippen molar-refractivity contribution in [2.24, 2.45) is 0 Å². The molecular formula is C25H20Cl3F8NO. The summed E-state index contributed by atoms with van der Waals surface area (Å²) < 4.78 is 112. The number of nitrogens with one attached hydrogen (secondary N) is 1. The first-order valence-corrected chi connectivity index (χ1v) is 12.3. The molecule has 1 saturated carbocycles. The largest absolute Gasteiger partial charge is 0.417 e. The van der Waals surface area contributed by atoms with Gasteiger partial charge in [0.05, 0.1) is 32.1 Å². The van der Waals surface area contributed by atoms with Gasteiger partial charge in [0.1, 0.15) is 5.83 Å². The molecule has 1 amide bonds. The Morgan fingerprint density at radius 2 is 1.58 bits per heavy atom. The molecule has 2 aromatic carbocycles. The van der Waals surface area contributed by atoms with Crippen molar-refractivity contribution >= 4 is 46.5 Å². The zero-order chi connectivity index (χ0) is 28.6. The van der Waals surface area contributed by atoms with Gasteiger partial charge in [-0.1, -0.05) is 40.9 Å². The maximum atomic E-state index is 15.1. The lowest BCUT2D eigenvalue weighted by molar-refractivity contribution is -0.138. The quantitative estimate of drug-likeness (QED) is 0.257. The third kappa shape index (κ3) is 7.33. The van der Waals surface area contributed by atoms with Crippen molar-refractivity contribution in [1.29, 1.82) is 0 Å². The van der Waals surface area contributed by atoms with Crippen molar-refractivity contribution in [1.82, 2.24) is 5.32 Å². The third-order valence-electron chi connectivity index (χ3n) is 6.12. The Hall–Kier alpha value is -2.04. The van der Waals surface area contributed by atoms with Crippen molar-refractivity contribution in [3.8, 4) is 0 Å². The molecule has 0 saturated heterocycles. The Kier molecular flexibility index (Phi) is 9.00. The Bertz CT molecular complexity index is 1210. The molecule has 1 atom stereocenters. The van der Waals surface area contributed by atoms with E-state index in [2.05, 4.69) is 5.32 Å². The summed E-state index contributed by atoms with van der Waals surface area (Å²) in [4.78, 5) is 12.6.